The first kappa shape index (κ1) is 41.3. The molecular weight excluding hydrogens is 799 g/mol. The van der Waals surface area contributed by atoms with Gasteiger partial charge in [0.2, 0.25) is 12.6 Å². The molecule has 3 aromatic carbocycles. The Morgan fingerprint density at radius 1 is 0.754 bits per heavy atom. The maximum Gasteiger partial charge on any atom is 0.340 e. The zero-order valence-electron chi connectivity index (χ0n) is 30.2. The number of nitrogens with zero attached hydrogens (tertiary/aromatic N) is 1. The van der Waals surface area contributed by atoms with Gasteiger partial charge in [0, 0.05) is 47.5 Å². The molecule has 4 aliphatic rings. The second kappa shape index (κ2) is 16.1. The van der Waals surface area contributed by atoms with Crippen molar-refractivity contribution in [1.82, 2.24) is 10.2 Å². The summed E-state index contributed by atoms with van der Waals surface area (Å²) in [4.78, 5) is 28.8. The number of carbonyl (C=O) groups excluding carboxylic acids is 2. The number of ether oxygens (including phenoxy) is 6. The highest BCUT2D eigenvalue weighted by atomic mass is 35.5. The summed E-state index contributed by atoms with van der Waals surface area (Å²) in [5.41, 5.74) is -1.04. The van der Waals surface area contributed by atoms with Gasteiger partial charge in [0.15, 0.2) is 5.60 Å². The molecule has 308 valence electrons. The number of aliphatic hydroxyl groups excluding tert-OH is 8. The molecule has 2 saturated heterocycles. The van der Waals surface area contributed by atoms with E-state index in [1.54, 1.807) is 6.07 Å². The van der Waals surface area contributed by atoms with E-state index in [4.69, 9.17) is 51.6 Å². The van der Waals surface area contributed by atoms with E-state index in [2.05, 4.69) is 5.32 Å². The lowest BCUT2D eigenvalue weighted by Crippen LogP contribution is -2.60. The molecule has 57 heavy (non-hydrogen) atoms. The third kappa shape index (κ3) is 7.28. The van der Waals surface area contributed by atoms with Crippen LogP contribution in [0.3, 0.4) is 0 Å². The average molecular weight is 840 g/mol. The molecule has 0 radical (unpaired) electrons. The zero-order valence-corrected chi connectivity index (χ0v) is 31.7. The number of nitrogens with one attached hydrogen (secondary N) is 1. The van der Waals surface area contributed by atoms with Gasteiger partial charge in [-0.05, 0) is 38.4 Å². The third-order valence-electron chi connectivity index (χ3n) is 10.2. The summed E-state index contributed by atoms with van der Waals surface area (Å²) in [6, 6.07) is 9.76. The van der Waals surface area contributed by atoms with Gasteiger partial charge in [-0.2, -0.15) is 0 Å². The van der Waals surface area contributed by atoms with E-state index in [0.717, 1.165) is 0 Å². The van der Waals surface area contributed by atoms with Crippen LogP contribution in [0.1, 0.15) is 37.4 Å². The van der Waals surface area contributed by atoms with E-state index in [0.29, 0.717) is 13.1 Å². The van der Waals surface area contributed by atoms with Crippen molar-refractivity contribution in [3.05, 3.63) is 80.3 Å². The standard InChI is InChI=1S/C37H40Cl2N2O16/c1-41(2)6-5-40-33(50)14-3-4-16-15(7-14)34(51)57-37(16)17-8-19(38)23(53-35-31(48)29(46)27(44)25(12-42)55-35)10-21(17)52-22-11-24(20(39)9-18(22)37)54-36-32(49)30(47)28(45)26(13-43)56-36/h3-4,7-11,25-32,35-36,42-49H,5-6,12-13H2,1-2H3,(H,40,50)/t25?,26?,27-,28+,29-,30?,31?,32+,35+,36-,37?/m1/s1. The quantitative estimate of drug-likeness (QED) is 0.113. The first-order chi connectivity index (χ1) is 27.1. The lowest BCUT2D eigenvalue weighted by Gasteiger charge is -2.40. The number of amides is 1. The molecule has 11 atom stereocenters. The molecule has 9 N–H and O–H groups in total. The smallest absolute Gasteiger partial charge is 0.340 e. The fraction of sp³-hybridized carbons (Fsp3) is 0.459. The number of esters is 1. The molecule has 5 unspecified atom stereocenters. The highest BCUT2D eigenvalue weighted by Gasteiger charge is 2.55. The van der Waals surface area contributed by atoms with Gasteiger partial charge in [-0.15, -0.1) is 0 Å². The monoisotopic (exact) mass is 838 g/mol. The molecule has 20 heteroatoms. The fourth-order valence-corrected chi connectivity index (χ4v) is 7.53. The number of hydrogen-bond donors (Lipinski definition) is 9. The van der Waals surface area contributed by atoms with E-state index >= 15 is 0 Å². The van der Waals surface area contributed by atoms with Crippen molar-refractivity contribution in [2.45, 2.75) is 67.0 Å². The molecule has 2 fully saturated rings. The number of aliphatic hydroxyl groups is 8. The minimum absolute atomic E-state index is 0.0289. The molecule has 7 rings (SSSR count). The van der Waals surface area contributed by atoms with Crippen LogP contribution < -0.4 is 19.5 Å². The summed E-state index contributed by atoms with van der Waals surface area (Å²) < 4.78 is 35.3. The Kier molecular flexibility index (Phi) is 11.6. The molecule has 1 spiro atoms. The first-order valence-corrected chi connectivity index (χ1v) is 18.5. The minimum Gasteiger partial charge on any atom is -0.460 e. The highest BCUT2D eigenvalue weighted by molar-refractivity contribution is 6.32. The first-order valence-electron chi connectivity index (χ1n) is 17.7. The highest BCUT2D eigenvalue weighted by Crippen LogP contribution is 2.59. The van der Waals surface area contributed by atoms with Gasteiger partial charge in [-0.25, -0.2) is 4.79 Å². The summed E-state index contributed by atoms with van der Waals surface area (Å²) in [6.07, 6.45) is -16.3. The summed E-state index contributed by atoms with van der Waals surface area (Å²) in [5.74, 6) is -1.64. The Labute approximate surface area is 334 Å². The molecule has 4 heterocycles. The van der Waals surface area contributed by atoms with Crippen LogP contribution in [0.2, 0.25) is 10.0 Å². The van der Waals surface area contributed by atoms with Crippen molar-refractivity contribution in [3.8, 4) is 23.0 Å². The van der Waals surface area contributed by atoms with E-state index in [9.17, 15) is 50.4 Å². The Bertz CT molecular complexity index is 1940. The van der Waals surface area contributed by atoms with E-state index in [-0.39, 0.29) is 60.9 Å². The van der Waals surface area contributed by atoms with Gasteiger partial charge < -0.3 is 79.5 Å². The normalized spacial score (nSPS) is 31.6. The van der Waals surface area contributed by atoms with Crippen molar-refractivity contribution < 1.29 is 78.9 Å². The molecule has 18 nitrogen and oxygen atoms in total. The Hall–Kier alpha value is -3.86. The molecule has 0 aromatic heterocycles. The van der Waals surface area contributed by atoms with E-state index in [1.165, 1.54) is 36.4 Å². The Balaban J connectivity index is 1.32. The van der Waals surface area contributed by atoms with Crippen molar-refractivity contribution >= 4 is 35.1 Å². The van der Waals surface area contributed by atoms with E-state index in [1.807, 2.05) is 19.0 Å². The lowest BCUT2D eigenvalue weighted by molar-refractivity contribution is -0.277. The predicted octanol–water partition coefficient (Wildman–Crippen LogP) is -0.790. The number of carbonyl (C=O) groups is 2. The molecule has 1 amide bonds. The average Bonchev–Trinajstić information content (AvgIpc) is 3.47. The maximum atomic E-state index is 13.8. The van der Waals surface area contributed by atoms with Gasteiger partial charge in [0.05, 0.1) is 28.8 Å². The summed E-state index contributed by atoms with van der Waals surface area (Å²) in [5, 5.41) is 84.4. The third-order valence-corrected chi connectivity index (χ3v) is 10.8. The van der Waals surface area contributed by atoms with Crippen molar-refractivity contribution in [1.29, 1.82) is 0 Å². The Morgan fingerprint density at radius 2 is 1.26 bits per heavy atom. The number of likely N-dealkylation sites (N-methyl/N-ethyl adjacent to an activating group) is 1. The molecular formula is C37H40Cl2N2O16. The fourth-order valence-electron chi connectivity index (χ4n) is 7.12. The predicted molar refractivity (Wildman–Crippen MR) is 194 cm³/mol. The van der Waals surface area contributed by atoms with E-state index < -0.39 is 92.1 Å². The van der Waals surface area contributed by atoms with Crippen LogP contribution in [-0.2, 0) is 19.8 Å². The largest absolute Gasteiger partial charge is 0.460 e. The number of fused-ring (bicyclic) bond motifs is 6. The van der Waals surface area contributed by atoms with Crippen LogP contribution in [0.5, 0.6) is 23.0 Å². The van der Waals surface area contributed by atoms with Crippen molar-refractivity contribution in [2.24, 2.45) is 0 Å². The van der Waals surface area contributed by atoms with Crippen LogP contribution in [0.25, 0.3) is 0 Å². The van der Waals surface area contributed by atoms with Gasteiger partial charge in [-0.1, -0.05) is 29.3 Å². The zero-order chi connectivity index (χ0) is 41.1. The lowest BCUT2D eigenvalue weighted by atomic mass is 9.77. The van der Waals surface area contributed by atoms with Gasteiger partial charge >= 0.3 is 5.97 Å². The van der Waals surface area contributed by atoms with Gasteiger partial charge in [0.1, 0.15) is 71.8 Å². The number of halogens is 2. The van der Waals surface area contributed by atoms with Crippen molar-refractivity contribution in [2.75, 3.05) is 40.4 Å². The maximum absolute atomic E-state index is 13.8. The molecule has 0 bridgehead atoms. The molecule has 0 saturated carbocycles. The summed E-state index contributed by atoms with van der Waals surface area (Å²) in [6.45, 7) is -0.522. The second-order valence-corrected chi connectivity index (χ2v) is 15.0. The van der Waals surface area contributed by atoms with Crippen LogP contribution in [0, 0.1) is 0 Å². The molecule has 0 aliphatic carbocycles. The van der Waals surface area contributed by atoms with Crippen LogP contribution in [0.4, 0.5) is 0 Å². The number of benzene rings is 3. The van der Waals surface area contributed by atoms with Gasteiger partial charge in [-0.3, -0.25) is 4.79 Å². The summed E-state index contributed by atoms with van der Waals surface area (Å²) >= 11 is 13.5. The molecule has 4 aliphatic heterocycles. The SMILES string of the molecule is CN(C)CCNC(=O)c1ccc2c(c1)C(=O)OC21c2cc(Cl)c(O[C@H]3OC(CO)[C@@H](O)[C@@H](O)C3O)cc2Oc2cc(O[C@@H]3OC(CO)[C@H](O)C(O)[C@@H]3O)c(Cl)cc21. The van der Waals surface area contributed by atoms with Crippen LogP contribution >= 0.6 is 23.2 Å². The summed E-state index contributed by atoms with van der Waals surface area (Å²) in [7, 11) is 3.71. The minimum atomic E-state index is -1.84. The molecule has 3 aromatic rings. The second-order valence-electron chi connectivity index (χ2n) is 14.2. The van der Waals surface area contributed by atoms with Crippen LogP contribution in [-0.4, -0.2) is 159 Å². The van der Waals surface area contributed by atoms with Gasteiger partial charge in [0.25, 0.3) is 5.91 Å². The number of rotatable bonds is 10. The Morgan fingerprint density at radius 3 is 1.74 bits per heavy atom. The topological polar surface area (TPSA) is 267 Å². The van der Waals surface area contributed by atoms with Crippen molar-refractivity contribution in [3.63, 3.8) is 0 Å². The van der Waals surface area contributed by atoms with Crippen LogP contribution in [0.15, 0.2) is 42.5 Å². The number of hydrogen-bond acceptors (Lipinski definition) is 17.